The number of hydrogen-bond donors (Lipinski definition) is 3. The van der Waals surface area contributed by atoms with Crippen molar-refractivity contribution in [2.75, 3.05) is 37.8 Å². The molecule has 0 atom stereocenters. The number of rotatable bonds is 13. The minimum atomic E-state index is -0.127. The van der Waals surface area contributed by atoms with Gasteiger partial charge in [0.2, 0.25) is 0 Å². The van der Waals surface area contributed by atoms with Gasteiger partial charge in [-0.15, -0.1) is 11.3 Å². The number of benzene rings is 1. The van der Waals surface area contributed by atoms with E-state index in [1.807, 2.05) is 17.8 Å². The number of aromatic amines is 1. The predicted molar refractivity (Wildman–Crippen MR) is 121 cm³/mol. The zero-order valence-corrected chi connectivity index (χ0v) is 18.2. The monoisotopic (exact) mass is 438 g/mol. The van der Waals surface area contributed by atoms with Crippen LogP contribution in [0.15, 0.2) is 34.4 Å². The molecule has 0 amide bonds. The van der Waals surface area contributed by atoms with Gasteiger partial charge in [0, 0.05) is 30.2 Å². The lowest BCUT2D eigenvalue weighted by Gasteiger charge is -2.07. The highest BCUT2D eigenvalue weighted by molar-refractivity contribution is 7.99. The molecule has 0 radical (unpaired) electrons. The van der Waals surface area contributed by atoms with Crippen LogP contribution in [0, 0.1) is 0 Å². The number of hydrogen-bond acceptors (Lipinski definition) is 7. The molecule has 28 heavy (non-hydrogen) atoms. The fourth-order valence-electron chi connectivity index (χ4n) is 2.86. The summed E-state index contributed by atoms with van der Waals surface area (Å²) in [6.07, 6.45) is 2.95. The van der Waals surface area contributed by atoms with Gasteiger partial charge in [0.1, 0.15) is 11.3 Å². The minimum absolute atomic E-state index is 0.127. The van der Waals surface area contributed by atoms with E-state index in [9.17, 15) is 9.90 Å². The van der Waals surface area contributed by atoms with E-state index in [4.69, 9.17) is 4.74 Å². The molecule has 0 aliphatic heterocycles. The van der Waals surface area contributed by atoms with Crippen molar-refractivity contribution in [2.45, 2.75) is 19.3 Å². The highest BCUT2D eigenvalue weighted by atomic mass is 32.2. The maximum absolute atomic E-state index is 11.5. The van der Waals surface area contributed by atoms with Crippen LogP contribution in [0.3, 0.4) is 0 Å². The average molecular weight is 439 g/mol. The van der Waals surface area contributed by atoms with Crippen LogP contribution >= 0.6 is 34.4 Å². The molecule has 0 saturated heterocycles. The SMILES string of the molecule is O=c1[nH]c2c(O)ccc(CCNCCSCCCOCCc3cccs3)c2s1. The van der Waals surface area contributed by atoms with Crippen molar-refractivity contribution in [3.63, 3.8) is 0 Å². The number of H-pyrrole nitrogens is 1. The molecular weight excluding hydrogens is 412 g/mol. The van der Waals surface area contributed by atoms with Gasteiger partial charge in [-0.2, -0.15) is 11.8 Å². The summed E-state index contributed by atoms with van der Waals surface area (Å²) in [7, 11) is 0. The molecule has 3 aromatic rings. The number of aromatic hydroxyl groups is 1. The third-order valence-electron chi connectivity index (χ3n) is 4.28. The molecule has 0 unspecified atom stereocenters. The molecule has 0 saturated carbocycles. The smallest absolute Gasteiger partial charge is 0.305 e. The second-order valence-electron chi connectivity index (χ2n) is 6.37. The summed E-state index contributed by atoms with van der Waals surface area (Å²) in [5, 5.41) is 15.4. The van der Waals surface area contributed by atoms with E-state index in [-0.39, 0.29) is 10.6 Å². The predicted octanol–water partition coefficient (Wildman–Crippen LogP) is 3.87. The topological polar surface area (TPSA) is 74.4 Å². The van der Waals surface area contributed by atoms with Crippen LogP contribution in [0.1, 0.15) is 16.9 Å². The van der Waals surface area contributed by atoms with Crippen LogP contribution in [0.2, 0.25) is 0 Å². The van der Waals surface area contributed by atoms with Crippen molar-refractivity contribution in [1.82, 2.24) is 10.3 Å². The van der Waals surface area contributed by atoms with E-state index in [2.05, 4.69) is 27.8 Å². The quantitative estimate of drug-likeness (QED) is 0.353. The number of phenols is 1. The molecule has 8 heteroatoms. The zero-order chi connectivity index (χ0) is 19.6. The Morgan fingerprint density at radius 2 is 2.07 bits per heavy atom. The normalized spacial score (nSPS) is 11.4. The van der Waals surface area contributed by atoms with Crippen molar-refractivity contribution in [2.24, 2.45) is 0 Å². The molecule has 152 valence electrons. The molecule has 0 bridgehead atoms. The first-order chi connectivity index (χ1) is 13.7. The summed E-state index contributed by atoms with van der Waals surface area (Å²) >= 11 is 4.89. The Bertz CT molecular complexity index is 890. The van der Waals surface area contributed by atoms with Crippen molar-refractivity contribution in [3.8, 4) is 5.75 Å². The first kappa shape index (κ1) is 21.4. The number of thioether (sulfide) groups is 1. The first-order valence-corrected chi connectivity index (χ1v) is 12.3. The third-order valence-corrected chi connectivity index (χ3v) is 7.25. The number of thiazole rings is 1. The Morgan fingerprint density at radius 3 is 2.93 bits per heavy atom. The van der Waals surface area contributed by atoms with Crippen molar-refractivity contribution >= 4 is 44.7 Å². The number of ether oxygens (including phenoxy) is 1. The van der Waals surface area contributed by atoms with Crippen molar-refractivity contribution in [3.05, 3.63) is 49.8 Å². The lowest BCUT2D eigenvalue weighted by atomic mass is 10.1. The van der Waals surface area contributed by atoms with E-state index in [0.29, 0.717) is 5.52 Å². The van der Waals surface area contributed by atoms with Crippen LogP contribution in [0.5, 0.6) is 5.75 Å². The number of fused-ring (bicyclic) bond motifs is 1. The molecule has 0 aliphatic rings. The van der Waals surface area contributed by atoms with Gasteiger partial charge in [0.05, 0.1) is 11.3 Å². The van der Waals surface area contributed by atoms with E-state index in [1.54, 1.807) is 17.4 Å². The molecule has 1 aromatic carbocycles. The number of nitrogens with one attached hydrogen (secondary N) is 2. The van der Waals surface area contributed by atoms with E-state index >= 15 is 0 Å². The molecular formula is C20H26N2O3S3. The Kier molecular flexibility index (Phi) is 8.88. The van der Waals surface area contributed by atoms with Crippen molar-refractivity contribution in [1.29, 1.82) is 0 Å². The Labute approximate surface area is 177 Å². The van der Waals surface area contributed by atoms with Crippen molar-refractivity contribution < 1.29 is 9.84 Å². The minimum Gasteiger partial charge on any atom is -0.506 e. The molecule has 0 spiro atoms. The van der Waals surface area contributed by atoms with Crippen LogP contribution in [0.25, 0.3) is 10.2 Å². The van der Waals surface area contributed by atoms with Gasteiger partial charge < -0.3 is 20.1 Å². The molecule has 2 aromatic heterocycles. The summed E-state index contributed by atoms with van der Waals surface area (Å²) < 4.78 is 6.54. The van der Waals surface area contributed by atoms with Gasteiger partial charge in [-0.05, 0) is 48.2 Å². The fraction of sp³-hybridized carbons (Fsp3) is 0.450. The number of thiophene rings is 1. The highest BCUT2D eigenvalue weighted by Crippen LogP contribution is 2.27. The maximum Gasteiger partial charge on any atom is 0.305 e. The number of aromatic nitrogens is 1. The van der Waals surface area contributed by atoms with E-state index < -0.39 is 0 Å². The van der Waals surface area contributed by atoms with Crippen LogP contribution in [0.4, 0.5) is 0 Å². The van der Waals surface area contributed by atoms with Gasteiger partial charge >= 0.3 is 4.87 Å². The molecule has 5 nitrogen and oxygen atoms in total. The second kappa shape index (κ2) is 11.6. The van der Waals surface area contributed by atoms with E-state index in [0.717, 1.165) is 78.7 Å². The summed E-state index contributed by atoms with van der Waals surface area (Å²) in [5.41, 5.74) is 1.65. The fourth-order valence-corrected chi connectivity index (χ4v) is 5.26. The van der Waals surface area contributed by atoms with Crippen LogP contribution in [-0.2, 0) is 17.6 Å². The Morgan fingerprint density at radius 1 is 1.14 bits per heavy atom. The summed E-state index contributed by atoms with van der Waals surface area (Å²) in [5.74, 6) is 2.34. The lowest BCUT2D eigenvalue weighted by Crippen LogP contribution is -2.20. The molecule has 2 heterocycles. The summed E-state index contributed by atoms with van der Waals surface area (Å²) in [6.45, 7) is 3.47. The standard InChI is InChI=1S/C20H26N2O3S3/c23-17-5-4-15(19-18(17)22-20(24)28-19)6-8-21-9-14-26-12-2-10-25-11-7-16-3-1-13-27-16/h1,3-5,13,21,23H,2,6-12,14H2,(H,22,24). The Balaban J connectivity index is 1.20. The second-order valence-corrected chi connectivity index (χ2v) is 9.61. The van der Waals surface area contributed by atoms with Crippen LogP contribution in [-0.4, -0.2) is 47.9 Å². The van der Waals surface area contributed by atoms with Gasteiger partial charge in [-0.3, -0.25) is 4.79 Å². The summed E-state index contributed by atoms with van der Waals surface area (Å²) in [4.78, 5) is 15.5. The zero-order valence-electron chi connectivity index (χ0n) is 15.7. The average Bonchev–Trinajstić information content (AvgIpc) is 3.34. The van der Waals surface area contributed by atoms with Gasteiger partial charge in [0.25, 0.3) is 0 Å². The van der Waals surface area contributed by atoms with Gasteiger partial charge in [-0.1, -0.05) is 23.5 Å². The first-order valence-electron chi connectivity index (χ1n) is 9.46. The highest BCUT2D eigenvalue weighted by Gasteiger charge is 2.09. The molecule has 3 rings (SSSR count). The third kappa shape index (κ3) is 6.63. The molecule has 0 fully saturated rings. The lowest BCUT2D eigenvalue weighted by molar-refractivity contribution is 0.139. The van der Waals surface area contributed by atoms with Crippen LogP contribution < -0.4 is 10.2 Å². The molecule has 3 N–H and O–H groups in total. The maximum atomic E-state index is 11.5. The molecule has 0 aliphatic carbocycles. The van der Waals surface area contributed by atoms with Gasteiger partial charge in [-0.25, -0.2) is 0 Å². The Hall–Kier alpha value is -1.32. The largest absolute Gasteiger partial charge is 0.506 e. The number of phenolic OH excluding ortho intramolecular Hbond substituents is 1. The van der Waals surface area contributed by atoms with Gasteiger partial charge in [0.15, 0.2) is 0 Å². The van der Waals surface area contributed by atoms with E-state index in [1.165, 1.54) is 4.88 Å². The summed E-state index contributed by atoms with van der Waals surface area (Å²) in [6, 6.07) is 7.79.